The first-order chi connectivity index (χ1) is 7.09. The number of ether oxygens (including phenoxy) is 1. The highest BCUT2D eigenvalue weighted by atomic mass is 32.2. The van der Waals surface area contributed by atoms with Crippen LogP contribution in [-0.4, -0.2) is 44.4 Å². The highest BCUT2D eigenvalue weighted by Crippen LogP contribution is 2.14. The average Bonchev–Trinajstić information content (AvgIpc) is 2.58. The van der Waals surface area contributed by atoms with Gasteiger partial charge in [-0.2, -0.15) is 0 Å². The summed E-state index contributed by atoms with van der Waals surface area (Å²) in [6.07, 6.45) is 1.33. The lowest BCUT2D eigenvalue weighted by atomic mass is 10.4. The molecule has 1 aromatic heterocycles. The Balaban J connectivity index is 2.22. The van der Waals surface area contributed by atoms with E-state index in [1.54, 1.807) is 6.33 Å². The van der Waals surface area contributed by atoms with E-state index in [0.717, 1.165) is 5.16 Å². The Morgan fingerprint density at radius 1 is 1.60 bits per heavy atom. The molecule has 1 atom stereocenters. The van der Waals surface area contributed by atoms with Crippen LogP contribution in [0.2, 0.25) is 0 Å². The molecule has 0 spiro atoms. The van der Waals surface area contributed by atoms with Gasteiger partial charge in [0.25, 0.3) is 0 Å². The second-order valence-electron chi connectivity index (χ2n) is 3.57. The molecule has 0 amide bonds. The van der Waals surface area contributed by atoms with E-state index in [2.05, 4.69) is 10.2 Å². The molecule has 1 rings (SSSR count). The predicted molar refractivity (Wildman–Crippen MR) is 58.8 cm³/mol. The van der Waals surface area contributed by atoms with Gasteiger partial charge in [-0.1, -0.05) is 11.8 Å². The Morgan fingerprint density at radius 2 is 2.33 bits per heavy atom. The van der Waals surface area contributed by atoms with Crippen molar-refractivity contribution < 1.29 is 9.84 Å². The SMILES string of the molecule is CC(C)OCC(O)CSc1nncn1C. The molecule has 0 aliphatic carbocycles. The molecule has 6 heteroatoms. The molecule has 0 aliphatic rings. The van der Waals surface area contributed by atoms with Gasteiger partial charge < -0.3 is 14.4 Å². The van der Waals surface area contributed by atoms with Gasteiger partial charge in [-0.3, -0.25) is 0 Å². The molecule has 0 aliphatic heterocycles. The van der Waals surface area contributed by atoms with Crippen molar-refractivity contribution in [3.05, 3.63) is 6.33 Å². The van der Waals surface area contributed by atoms with Crippen LogP contribution in [0.5, 0.6) is 0 Å². The lowest BCUT2D eigenvalue weighted by Gasteiger charge is -2.12. The molecule has 1 heterocycles. The van der Waals surface area contributed by atoms with E-state index in [1.807, 2.05) is 25.5 Å². The number of aliphatic hydroxyl groups is 1. The predicted octanol–water partition coefficient (Wildman–Crippen LogP) is 0.693. The Bertz CT molecular complexity index is 291. The van der Waals surface area contributed by atoms with Gasteiger partial charge in [-0.15, -0.1) is 10.2 Å². The van der Waals surface area contributed by atoms with Crippen molar-refractivity contribution in [1.29, 1.82) is 0 Å². The lowest BCUT2D eigenvalue weighted by Crippen LogP contribution is -2.20. The first-order valence-electron chi connectivity index (χ1n) is 4.86. The molecule has 0 saturated carbocycles. The molecule has 0 radical (unpaired) electrons. The van der Waals surface area contributed by atoms with E-state index in [1.165, 1.54) is 11.8 Å². The first kappa shape index (κ1) is 12.5. The third-order valence-electron chi connectivity index (χ3n) is 1.70. The standard InChI is InChI=1S/C9H17N3O2S/c1-7(2)14-4-8(13)5-15-9-11-10-6-12(9)3/h6-8,13H,4-5H2,1-3H3. The number of hydrogen-bond donors (Lipinski definition) is 1. The number of hydrogen-bond acceptors (Lipinski definition) is 5. The van der Waals surface area contributed by atoms with Crippen LogP contribution in [0.25, 0.3) is 0 Å². The molecule has 15 heavy (non-hydrogen) atoms. The van der Waals surface area contributed by atoms with Crippen molar-refractivity contribution in [2.75, 3.05) is 12.4 Å². The molecular formula is C9H17N3O2S. The van der Waals surface area contributed by atoms with Crippen molar-refractivity contribution in [3.8, 4) is 0 Å². The zero-order valence-electron chi connectivity index (χ0n) is 9.25. The smallest absolute Gasteiger partial charge is 0.190 e. The number of aryl methyl sites for hydroxylation is 1. The number of nitrogens with zero attached hydrogens (tertiary/aromatic N) is 3. The van der Waals surface area contributed by atoms with Crippen LogP contribution in [0.3, 0.4) is 0 Å². The summed E-state index contributed by atoms with van der Waals surface area (Å²) in [4.78, 5) is 0. The molecule has 1 N–H and O–H groups in total. The Kier molecular flexibility index (Phi) is 5.07. The minimum atomic E-state index is -0.464. The van der Waals surface area contributed by atoms with Crippen LogP contribution in [0.15, 0.2) is 11.5 Å². The van der Waals surface area contributed by atoms with Crippen molar-refractivity contribution in [3.63, 3.8) is 0 Å². The molecule has 5 nitrogen and oxygen atoms in total. The Labute approximate surface area is 93.8 Å². The zero-order valence-corrected chi connectivity index (χ0v) is 10.1. The maximum atomic E-state index is 9.58. The van der Waals surface area contributed by atoms with E-state index in [-0.39, 0.29) is 6.10 Å². The molecule has 0 aromatic carbocycles. The van der Waals surface area contributed by atoms with E-state index in [0.29, 0.717) is 12.4 Å². The van der Waals surface area contributed by atoms with Crippen LogP contribution < -0.4 is 0 Å². The van der Waals surface area contributed by atoms with Crippen LogP contribution >= 0.6 is 11.8 Å². The summed E-state index contributed by atoms with van der Waals surface area (Å²) in [5.74, 6) is 0.569. The number of aliphatic hydroxyl groups excluding tert-OH is 1. The minimum Gasteiger partial charge on any atom is -0.390 e. The molecule has 86 valence electrons. The average molecular weight is 231 g/mol. The summed E-state index contributed by atoms with van der Waals surface area (Å²) < 4.78 is 7.12. The number of thioether (sulfide) groups is 1. The largest absolute Gasteiger partial charge is 0.390 e. The van der Waals surface area contributed by atoms with Gasteiger partial charge in [-0.05, 0) is 13.8 Å². The van der Waals surface area contributed by atoms with E-state index < -0.39 is 6.10 Å². The van der Waals surface area contributed by atoms with E-state index >= 15 is 0 Å². The molecule has 1 aromatic rings. The van der Waals surface area contributed by atoms with Crippen molar-refractivity contribution in [2.24, 2.45) is 7.05 Å². The Hall–Kier alpha value is -0.590. The van der Waals surface area contributed by atoms with E-state index in [4.69, 9.17) is 4.74 Å². The quantitative estimate of drug-likeness (QED) is 0.730. The third kappa shape index (κ3) is 4.63. The summed E-state index contributed by atoms with van der Waals surface area (Å²) in [6.45, 7) is 4.26. The molecular weight excluding hydrogens is 214 g/mol. The Morgan fingerprint density at radius 3 is 2.87 bits per heavy atom. The monoisotopic (exact) mass is 231 g/mol. The maximum absolute atomic E-state index is 9.58. The summed E-state index contributed by atoms with van der Waals surface area (Å²) >= 11 is 1.47. The van der Waals surface area contributed by atoms with E-state index in [9.17, 15) is 5.11 Å². The first-order valence-corrected chi connectivity index (χ1v) is 5.84. The molecule has 1 unspecified atom stereocenters. The summed E-state index contributed by atoms with van der Waals surface area (Å²) in [6, 6.07) is 0. The van der Waals surface area contributed by atoms with Crippen LogP contribution in [0, 0.1) is 0 Å². The third-order valence-corrected chi connectivity index (χ3v) is 2.88. The van der Waals surface area contributed by atoms with Crippen molar-refractivity contribution in [1.82, 2.24) is 14.8 Å². The second kappa shape index (κ2) is 6.09. The molecule has 0 bridgehead atoms. The van der Waals surface area contributed by atoms with Gasteiger partial charge in [0.1, 0.15) is 6.33 Å². The minimum absolute atomic E-state index is 0.152. The van der Waals surface area contributed by atoms with Gasteiger partial charge in [0.05, 0.1) is 18.8 Å². The van der Waals surface area contributed by atoms with Crippen LogP contribution in [0.1, 0.15) is 13.8 Å². The fraction of sp³-hybridized carbons (Fsp3) is 0.778. The summed E-state index contributed by atoms with van der Waals surface area (Å²) in [7, 11) is 1.87. The van der Waals surface area contributed by atoms with Gasteiger partial charge >= 0.3 is 0 Å². The number of rotatable bonds is 6. The van der Waals surface area contributed by atoms with Gasteiger partial charge in [0, 0.05) is 12.8 Å². The maximum Gasteiger partial charge on any atom is 0.190 e. The molecule has 0 fully saturated rings. The fourth-order valence-corrected chi connectivity index (χ4v) is 1.72. The molecule has 0 saturated heterocycles. The highest BCUT2D eigenvalue weighted by Gasteiger charge is 2.09. The lowest BCUT2D eigenvalue weighted by molar-refractivity contribution is 0.0152. The van der Waals surface area contributed by atoms with Crippen LogP contribution in [-0.2, 0) is 11.8 Å². The summed E-state index contributed by atoms with van der Waals surface area (Å²) in [5, 5.41) is 18.0. The normalized spacial score (nSPS) is 13.4. The van der Waals surface area contributed by atoms with Crippen molar-refractivity contribution >= 4 is 11.8 Å². The topological polar surface area (TPSA) is 60.2 Å². The second-order valence-corrected chi connectivity index (χ2v) is 4.56. The van der Waals surface area contributed by atoms with Crippen LogP contribution in [0.4, 0.5) is 0 Å². The van der Waals surface area contributed by atoms with Gasteiger partial charge in [-0.25, -0.2) is 0 Å². The summed E-state index contributed by atoms with van der Waals surface area (Å²) in [5.41, 5.74) is 0. The highest BCUT2D eigenvalue weighted by molar-refractivity contribution is 7.99. The van der Waals surface area contributed by atoms with Gasteiger partial charge in [0.2, 0.25) is 0 Å². The van der Waals surface area contributed by atoms with Gasteiger partial charge in [0.15, 0.2) is 5.16 Å². The number of aromatic nitrogens is 3. The zero-order chi connectivity index (χ0) is 11.3. The fourth-order valence-electron chi connectivity index (χ4n) is 0.926. The van der Waals surface area contributed by atoms with Crippen molar-refractivity contribution in [2.45, 2.75) is 31.2 Å².